The van der Waals surface area contributed by atoms with E-state index in [4.69, 9.17) is 5.73 Å². The second kappa shape index (κ2) is 2.58. The van der Waals surface area contributed by atoms with E-state index in [9.17, 15) is 4.79 Å². The van der Waals surface area contributed by atoms with Crippen molar-refractivity contribution in [2.75, 3.05) is 0 Å². The van der Waals surface area contributed by atoms with Crippen LogP contribution in [-0.2, 0) is 0 Å². The lowest BCUT2D eigenvalue weighted by Gasteiger charge is -1.92. The van der Waals surface area contributed by atoms with Gasteiger partial charge < -0.3 is 10.1 Å². The van der Waals surface area contributed by atoms with E-state index in [1.54, 1.807) is 10.6 Å². The lowest BCUT2D eigenvalue weighted by Crippen LogP contribution is -2.10. The van der Waals surface area contributed by atoms with E-state index in [0.29, 0.717) is 5.69 Å². The van der Waals surface area contributed by atoms with Crippen LogP contribution in [0.15, 0.2) is 24.5 Å². The summed E-state index contributed by atoms with van der Waals surface area (Å²) >= 11 is 0. The first kappa shape index (κ1) is 7.79. The number of nitrogens with zero attached hydrogens (tertiary/aromatic N) is 2. The molecular formula is C9H9N3O. The van der Waals surface area contributed by atoms with Gasteiger partial charge in [0.1, 0.15) is 11.3 Å². The summed E-state index contributed by atoms with van der Waals surface area (Å²) in [6.07, 6.45) is 3.53. The molecule has 0 radical (unpaired) electrons. The second-order valence-electron chi connectivity index (χ2n) is 2.96. The molecule has 0 saturated heterocycles. The highest BCUT2D eigenvalue weighted by Crippen LogP contribution is 2.06. The van der Waals surface area contributed by atoms with Gasteiger partial charge in [-0.25, -0.2) is 4.98 Å². The number of carbonyl (C=O) groups excluding carboxylic acids is 1. The topological polar surface area (TPSA) is 60.4 Å². The van der Waals surface area contributed by atoms with Gasteiger partial charge >= 0.3 is 0 Å². The highest BCUT2D eigenvalue weighted by Gasteiger charge is 2.05. The minimum Gasteiger partial charge on any atom is -0.364 e. The van der Waals surface area contributed by atoms with E-state index in [1.807, 2.05) is 25.3 Å². The number of pyridine rings is 1. The molecule has 13 heavy (non-hydrogen) atoms. The number of hydrogen-bond donors (Lipinski definition) is 1. The fourth-order valence-electron chi connectivity index (χ4n) is 1.22. The van der Waals surface area contributed by atoms with Crippen molar-refractivity contribution >= 4 is 11.6 Å². The number of rotatable bonds is 1. The van der Waals surface area contributed by atoms with E-state index in [-0.39, 0.29) is 0 Å². The molecule has 0 saturated carbocycles. The maximum atomic E-state index is 10.8. The molecule has 2 heterocycles. The molecule has 0 aliphatic carbocycles. The number of primary amides is 1. The van der Waals surface area contributed by atoms with Gasteiger partial charge in [-0.2, -0.15) is 0 Å². The molecule has 0 aliphatic rings. The van der Waals surface area contributed by atoms with Gasteiger partial charge in [-0.1, -0.05) is 6.07 Å². The third-order valence-electron chi connectivity index (χ3n) is 1.85. The van der Waals surface area contributed by atoms with Crippen molar-refractivity contribution in [3.05, 3.63) is 35.8 Å². The summed E-state index contributed by atoms with van der Waals surface area (Å²) in [5.41, 5.74) is 7.25. The van der Waals surface area contributed by atoms with Crippen LogP contribution < -0.4 is 5.73 Å². The molecule has 0 unspecified atom stereocenters. The smallest absolute Gasteiger partial charge is 0.268 e. The van der Waals surface area contributed by atoms with Crippen LogP contribution in [0.4, 0.5) is 0 Å². The Morgan fingerprint density at radius 1 is 1.46 bits per heavy atom. The number of nitrogens with two attached hydrogens (primary N) is 1. The highest BCUT2D eigenvalue weighted by atomic mass is 16.1. The molecule has 0 atom stereocenters. The molecule has 66 valence electrons. The van der Waals surface area contributed by atoms with E-state index < -0.39 is 5.91 Å². The number of imidazole rings is 1. The third kappa shape index (κ3) is 1.26. The first-order valence-electron chi connectivity index (χ1n) is 3.92. The Morgan fingerprint density at radius 3 is 2.92 bits per heavy atom. The van der Waals surface area contributed by atoms with Crippen LogP contribution in [0.25, 0.3) is 5.65 Å². The van der Waals surface area contributed by atoms with Crippen molar-refractivity contribution < 1.29 is 4.79 Å². The van der Waals surface area contributed by atoms with Crippen LogP contribution >= 0.6 is 0 Å². The molecule has 2 aromatic rings. The first-order valence-corrected chi connectivity index (χ1v) is 3.92. The number of aryl methyl sites for hydroxylation is 1. The Bertz CT molecular complexity index is 473. The van der Waals surface area contributed by atoms with E-state index in [0.717, 1.165) is 11.2 Å². The maximum absolute atomic E-state index is 10.8. The number of fused-ring (bicyclic) bond motifs is 1. The number of carbonyl (C=O) groups is 1. The predicted molar refractivity (Wildman–Crippen MR) is 48.4 cm³/mol. The Labute approximate surface area is 75.0 Å². The van der Waals surface area contributed by atoms with Crippen LogP contribution in [0.3, 0.4) is 0 Å². The van der Waals surface area contributed by atoms with Crippen LogP contribution in [0.5, 0.6) is 0 Å². The molecule has 1 amide bonds. The fourth-order valence-corrected chi connectivity index (χ4v) is 1.22. The van der Waals surface area contributed by atoms with Crippen molar-refractivity contribution in [3.63, 3.8) is 0 Å². The predicted octanol–water partition coefficient (Wildman–Crippen LogP) is 0.742. The van der Waals surface area contributed by atoms with Crippen LogP contribution in [0.2, 0.25) is 0 Å². The Kier molecular flexibility index (Phi) is 1.55. The summed E-state index contributed by atoms with van der Waals surface area (Å²) in [5.74, 6) is -0.499. The quantitative estimate of drug-likeness (QED) is 0.694. The number of amides is 1. The third-order valence-corrected chi connectivity index (χ3v) is 1.85. The minimum absolute atomic E-state index is 0.297. The molecule has 4 nitrogen and oxygen atoms in total. The highest BCUT2D eigenvalue weighted by molar-refractivity contribution is 5.91. The largest absolute Gasteiger partial charge is 0.364 e. The standard InChI is InChI=1S/C9H9N3O/c1-6-2-3-8-11-7(9(10)13)5-12(8)4-6/h2-5H,1H3,(H2,10,13). The molecule has 2 rings (SSSR count). The zero-order valence-corrected chi connectivity index (χ0v) is 7.19. The van der Waals surface area contributed by atoms with Gasteiger partial charge in [-0.15, -0.1) is 0 Å². The van der Waals surface area contributed by atoms with Crippen molar-refractivity contribution in [2.24, 2.45) is 5.73 Å². The van der Waals surface area contributed by atoms with Crippen molar-refractivity contribution in [1.82, 2.24) is 9.38 Å². The Balaban J connectivity index is 2.68. The summed E-state index contributed by atoms with van der Waals surface area (Å²) in [6, 6.07) is 3.79. The van der Waals surface area contributed by atoms with Gasteiger partial charge in [0.05, 0.1) is 0 Å². The molecule has 0 bridgehead atoms. The summed E-state index contributed by atoms with van der Waals surface area (Å²) in [7, 11) is 0. The molecule has 2 aromatic heterocycles. The molecular weight excluding hydrogens is 166 g/mol. The van der Waals surface area contributed by atoms with Gasteiger partial charge in [0, 0.05) is 12.4 Å². The van der Waals surface area contributed by atoms with Gasteiger partial charge in [-0.3, -0.25) is 4.79 Å². The second-order valence-corrected chi connectivity index (χ2v) is 2.96. The summed E-state index contributed by atoms with van der Waals surface area (Å²) < 4.78 is 1.79. The van der Waals surface area contributed by atoms with Gasteiger partial charge in [0.15, 0.2) is 0 Å². The average Bonchev–Trinajstić information content (AvgIpc) is 2.46. The van der Waals surface area contributed by atoms with E-state index in [1.165, 1.54) is 0 Å². The van der Waals surface area contributed by atoms with Crippen molar-refractivity contribution in [2.45, 2.75) is 6.92 Å². The fraction of sp³-hybridized carbons (Fsp3) is 0.111. The average molecular weight is 175 g/mol. The van der Waals surface area contributed by atoms with Gasteiger partial charge in [0.2, 0.25) is 0 Å². The number of aromatic nitrogens is 2. The Hall–Kier alpha value is -1.84. The summed E-state index contributed by atoms with van der Waals surface area (Å²) in [4.78, 5) is 14.8. The summed E-state index contributed by atoms with van der Waals surface area (Å²) in [6.45, 7) is 1.98. The zero-order valence-electron chi connectivity index (χ0n) is 7.19. The van der Waals surface area contributed by atoms with Crippen LogP contribution in [0, 0.1) is 6.92 Å². The molecule has 2 N–H and O–H groups in total. The normalized spacial score (nSPS) is 10.5. The minimum atomic E-state index is -0.499. The number of hydrogen-bond acceptors (Lipinski definition) is 2. The Morgan fingerprint density at radius 2 is 2.23 bits per heavy atom. The van der Waals surface area contributed by atoms with Gasteiger partial charge in [-0.05, 0) is 18.6 Å². The van der Waals surface area contributed by atoms with E-state index >= 15 is 0 Å². The van der Waals surface area contributed by atoms with Crippen LogP contribution in [0.1, 0.15) is 16.1 Å². The van der Waals surface area contributed by atoms with Crippen LogP contribution in [-0.4, -0.2) is 15.3 Å². The SMILES string of the molecule is Cc1ccc2nc(C(N)=O)cn2c1. The summed E-state index contributed by atoms with van der Waals surface area (Å²) in [5, 5.41) is 0. The lowest BCUT2D eigenvalue weighted by atomic mass is 10.3. The monoisotopic (exact) mass is 175 g/mol. The van der Waals surface area contributed by atoms with Gasteiger partial charge in [0.25, 0.3) is 5.91 Å². The van der Waals surface area contributed by atoms with Crippen molar-refractivity contribution in [1.29, 1.82) is 0 Å². The molecule has 0 aliphatic heterocycles. The first-order chi connectivity index (χ1) is 6.16. The molecule has 0 spiro atoms. The molecule has 4 heteroatoms. The van der Waals surface area contributed by atoms with Crippen molar-refractivity contribution in [3.8, 4) is 0 Å². The molecule has 0 aromatic carbocycles. The van der Waals surface area contributed by atoms with E-state index in [2.05, 4.69) is 4.98 Å². The molecule has 0 fully saturated rings. The zero-order chi connectivity index (χ0) is 9.42. The maximum Gasteiger partial charge on any atom is 0.268 e. The lowest BCUT2D eigenvalue weighted by molar-refractivity contribution is 0.0996.